The van der Waals surface area contributed by atoms with E-state index in [-0.39, 0.29) is 0 Å². The fourth-order valence-electron chi connectivity index (χ4n) is 2.91. The second-order valence-electron chi connectivity index (χ2n) is 5.70. The van der Waals surface area contributed by atoms with Crippen molar-refractivity contribution >= 4 is 16.7 Å². The van der Waals surface area contributed by atoms with E-state index in [4.69, 9.17) is 15.5 Å². The zero-order valence-corrected chi connectivity index (χ0v) is 13.2. The molecule has 1 aromatic carbocycles. The van der Waals surface area contributed by atoms with Gasteiger partial charge >= 0.3 is 0 Å². The molecule has 118 valence electrons. The van der Waals surface area contributed by atoms with Crippen molar-refractivity contribution in [2.45, 2.75) is 6.42 Å². The second kappa shape index (κ2) is 6.94. The SMILES string of the molecule is COc1ccc2nc(N3CCN(CCCN)CC3)ccc2c1. The van der Waals surface area contributed by atoms with Crippen molar-refractivity contribution in [3.8, 4) is 5.75 Å². The Kier molecular flexibility index (Phi) is 4.75. The van der Waals surface area contributed by atoms with Gasteiger partial charge in [0, 0.05) is 31.6 Å². The molecule has 2 heterocycles. The summed E-state index contributed by atoms with van der Waals surface area (Å²) in [6.45, 7) is 6.11. The lowest BCUT2D eigenvalue weighted by Gasteiger charge is -2.35. The van der Waals surface area contributed by atoms with Crippen molar-refractivity contribution in [3.05, 3.63) is 30.3 Å². The number of nitrogens with zero attached hydrogens (tertiary/aromatic N) is 3. The van der Waals surface area contributed by atoms with Crippen LogP contribution in [0.2, 0.25) is 0 Å². The zero-order chi connectivity index (χ0) is 15.4. The van der Waals surface area contributed by atoms with Gasteiger partial charge in [-0.2, -0.15) is 0 Å². The van der Waals surface area contributed by atoms with Crippen LogP contribution in [0.1, 0.15) is 6.42 Å². The van der Waals surface area contributed by atoms with Crippen LogP contribution in [0.15, 0.2) is 30.3 Å². The quantitative estimate of drug-likeness (QED) is 0.911. The number of anilines is 1. The van der Waals surface area contributed by atoms with Crippen LogP contribution >= 0.6 is 0 Å². The number of fused-ring (bicyclic) bond motifs is 1. The lowest BCUT2D eigenvalue weighted by atomic mass is 10.2. The van der Waals surface area contributed by atoms with Crippen molar-refractivity contribution < 1.29 is 4.74 Å². The van der Waals surface area contributed by atoms with E-state index >= 15 is 0 Å². The normalized spacial score (nSPS) is 16.2. The molecular formula is C17H24N4O. The number of ether oxygens (including phenoxy) is 1. The number of benzene rings is 1. The standard InChI is InChI=1S/C17H24N4O/c1-22-15-4-5-16-14(13-15)3-6-17(19-16)21-11-9-20(10-12-21)8-2-7-18/h3-6,13H,2,7-12,18H2,1H3. The molecule has 5 heteroatoms. The summed E-state index contributed by atoms with van der Waals surface area (Å²) in [6.07, 6.45) is 1.08. The number of rotatable bonds is 5. The number of piperazine rings is 1. The highest BCUT2D eigenvalue weighted by molar-refractivity contribution is 5.81. The zero-order valence-electron chi connectivity index (χ0n) is 13.2. The maximum absolute atomic E-state index is 5.58. The third kappa shape index (κ3) is 3.31. The minimum atomic E-state index is 0.774. The first-order chi connectivity index (χ1) is 10.8. The molecule has 5 nitrogen and oxygen atoms in total. The van der Waals surface area contributed by atoms with Crippen LogP contribution in [0.25, 0.3) is 10.9 Å². The van der Waals surface area contributed by atoms with Crippen molar-refractivity contribution in [3.63, 3.8) is 0 Å². The predicted molar refractivity (Wildman–Crippen MR) is 90.6 cm³/mol. The Balaban J connectivity index is 1.69. The summed E-state index contributed by atoms with van der Waals surface area (Å²) in [5.41, 5.74) is 6.60. The van der Waals surface area contributed by atoms with Crippen molar-refractivity contribution in [2.24, 2.45) is 5.73 Å². The van der Waals surface area contributed by atoms with Crippen LogP contribution in [0.5, 0.6) is 5.75 Å². The molecule has 0 radical (unpaired) electrons. The molecule has 0 spiro atoms. The number of hydrogen-bond acceptors (Lipinski definition) is 5. The Hall–Kier alpha value is -1.85. The van der Waals surface area contributed by atoms with E-state index in [0.29, 0.717) is 0 Å². The molecule has 1 aliphatic heterocycles. The van der Waals surface area contributed by atoms with Gasteiger partial charge in [-0.15, -0.1) is 0 Å². The van der Waals surface area contributed by atoms with E-state index in [1.54, 1.807) is 7.11 Å². The van der Waals surface area contributed by atoms with E-state index in [1.807, 2.05) is 18.2 Å². The van der Waals surface area contributed by atoms with Crippen LogP contribution in [-0.4, -0.2) is 56.3 Å². The van der Waals surface area contributed by atoms with Gasteiger partial charge in [0.1, 0.15) is 11.6 Å². The number of pyridine rings is 1. The average Bonchev–Trinajstić information content (AvgIpc) is 2.59. The van der Waals surface area contributed by atoms with Gasteiger partial charge in [-0.1, -0.05) is 0 Å². The molecular weight excluding hydrogens is 276 g/mol. The topological polar surface area (TPSA) is 54.6 Å². The molecule has 2 N–H and O–H groups in total. The van der Waals surface area contributed by atoms with Gasteiger partial charge in [0.05, 0.1) is 12.6 Å². The van der Waals surface area contributed by atoms with Gasteiger partial charge in [0.25, 0.3) is 0 Å². The summed E-state index contributed by atoms with van der Waals surface area (Å²) >= 11 is 0. The molecule has 22 heavy (non-hydrogen) atoms. The van der Waals surface area contributed by atoms with E-state index in [2.05, 4.69) is 21.9 Å². The molecule has 1 fully saturated rings. The summed E-state index contributed by atoms with van der Waals surface area (Å²) in [5.74, 6) is 1.94. The van der Waals surface area contributed by atoms with Crippen LogP contribution < -0.4 is 15.4 Å². The maximum atomic E-state index is 5.58. The molecule has 0 bridgehead atoms. The molecule has 1 aromatic heterocycles. The summed E-state index contributed by atoms with van der Waals surface area (Å²) in [5, 5.41) is 1.12. The third-order valence-electron chi connectivity index (χ3n) is 4.26. The van der Waals surface area contributed by atoms with E-state index < -0.39 is 0 Å². The van der Waals surface area contributed by atoms with E-state index in [9.17, 15) is 0 Å². The number of hydrogen-bond donors (Lipinski definition) is 1. The van der Waals surface area contributed by atoms with Crippen molar-refractivity contribution in [2.75, 3.05) is 51.3 Å². The van der Waals surface area contributed by atoms with Crippen molar-refractivity contribution in [1.29, 1.82) is 0 Å². The van der Waals surface area contributed by atoms with E-state index in [0.717, 1.165) is 68.2 Å². The molecule has 0 amide bonds. The number of aromatic nitrogens is 1. The fraction of sp³-hybridized carbons (Fsp3) is 0.471. The molecule has 1 saturated heterocycles. The molecule has 1 aliphatic rings. The first-order valence-electron chi connectivity index (χ1n) is 7.92. The monoisotopic (exact) mass is 300 g/mol. The Labute approximate surface area is 131 Å². The fourth-order valence-corrected chi connectivity index (χ4v) is 2.91. The molecule has 0 atom stereocenters. The van der Waals surface area contributed by atoms with Crippen LogP contribution in [0.3, 0.4) is 0 Å². The van der Waals surface area contributed by atoms with Crippen LogP contribution in [0.4, 0.5) is 5.82 Å². The van der Waals surface area contributed by atoms with E-state index in [1.165, 1.54) is 0 Å². The average molecular weight is 300 g/mol. The Morgan fingerprint density at radius 3 is 2.68 bits per heavy atom. The number of methoxy groups -OCH3 is 1. The van der Waals surface area contributed by atoms with Gasteiger partial charge in [-0.05, 0) is 49.8 Å². The molecule has 0 aliphatic carbocycles. The Bertz CT molecular complexity index is 623. The molecule has 0 unspecified atom stereocenters. The minimum absolute atomic E-state index is 0.774. The highest BCUT2D eigenvalue weighted by Gasteiger charge is 2.17. The van der Waals surface area contributed by atoms with Gasteiger partial charge in [-0.3, -0.25) is 4.90 Å². The second-order valence-corrected chi connectivity index (χ2v) is 5.70. The smallest absolute Gasteiger partial charge is 0.129 e. The number of nitrogens with two attached hydrogens (primary N) is 1. The Morgan fingerprint density at radius 1 is 1.14 bits per heavy atom. The summed E-state index contributed by atoms with van der Waals surface area (Å²) in [6, 6.07) is 10.2. The minimum Gasteiger partial charge on any atom is -0.497 e. The van der Waals surface area contributed by atoms with Gasteiger partial charge in [0.2, 0.25) is 0 Å². The molecule has 0 saturated carbocycles. The summed E-state index contributed by atoms with van der Waals surface area (Å²) in [4.78, 5) is 9.64. The maximum Gasteiger partial charge on any atom is 0.129 e. The molecule has 3 rings (SSSR count). The lowest BCUT2D eigenvalue weighted by molar-refractivity contribution is 0.256. The van der Waals surface area contributed by atoms with Gasteiger partial charge in [0.15, 0.2) is 0 Å². The molecule has 2 aromatic rings. The van der Waals surface area contributed by atoms with Crippen LogP contribution in [0, 0.1) is 0 Å². The largest absolute Gasteiger partial charge is 0.497 e. The highest BCUT2D eigenvalue weighted by Crippen LogP contribution is 2.23. The first kappa shape index (κ1) is 15.1. The lowest BCUT2D eigenvalue weighted by Crippen LogP contribution is -2.47. The van der Waals surface area contributed by atoms with Gasteiger partial charge in [-0.25, -0.2) is 4.98 Å². The predicted octanol–water partition coefficient (Wildman–Crippen LogP) is 1.71. The summed E-state index contributed by atoms with van der Waals surface area (Å²) < 4.78 is 5.26. The van der Waals surface area contributed by atoms with Gasteiger partial charge < -0.3 is 15.4 Å². The summed E-state index contributed by atoms with van der Waals surface area (Å²) in [7, 11) is 1.69. The first-order valence-corrected chi connectivity index (χ1v) is 7.92. The third-order valence-corrected chi connectivity index (χ3v) is 4.26. The highest BCUT2D eigenvalue weighted by atomic mass is 16.5. The van der Waals surface area contributed by atoms with Crippen LogP contribution in [-0.2, 0) is 0 Å². The Morgan fingerprint density at radius 2 is 1.95 bits per heavy atom. The van der Waals surface area contributed by atoms with Crippen molar-refractivity contribution in [1.82, 2.24) is 9.88 Å².